The first-order valence-corrected chi connectivity index (χ1v) is 5.59. The Morgan fingerprint density at radius 1 is 1.47 bits per heavy atom. The van der Waals surface area contributed by atoms with Gasteiger partial charge >= 0.3 is 11.9 Å². The van der Waals surface area contributed by atoms with Crippen molar-refractivity contribution < 1.29 is 24.6 Å². The third-order valence-corrected chi connectivity index (χ3v) is 3.10. The number of thiophene rings is 1. The molecule has 0 saturated carbocycles. The number of hydroxylamine groups is 1. The van der Waals surface area contributed by atoms with E-state index in [1.165, 1.54) is 16.4 Å². The minimum absolute atomic E-state index is 0.0378. The van der Waals surface area contributed by atoms with E-state index in [0.717, 1.165) is 10.6 Å². The molecule has 90 valence electrons. The second-order valence-electron chi connectivity index (χ2n) is 3.36. The highest BCUT2D eigenvalue weighted by Crippen LogP contribution is 2.34. The quantitative estimate of drug-likeness (QED) is 0.836. The molecule has 7 heteroatoms. The van der Waals surface area contributed by atoms with E-state index in [9.17, 15) is 9.59 Å². The minimum Gasteiger partial charge on any atom is -0.479 e. The van der Waals surface area contributed by atoms with Crippen molar-refractivity contribution in [3.8, 4) is 0 Å². The molecular weight excluding hydrogens is 246 g/mol. The fourth-order valence-electron chi connectivity index (χ4n) is 1.45. The first kappa shape index (κ1) is 11.6. The van der Waals surface area contributed by atoms with Gasteiger partial charge in [-0.05, 0) is 17.5 Å². The summed E-state index contributed by atoms with van der Waals surface area (Å²) < 4.78 is 0. The summed E-state index contributed by atoms with van der Waals surface area (Å²) in [6.07, 6.45) is 1.56. The van der Waals surface area contributed by atoms with Crippen LogP contribution in [0, 0.1) is 0 Å². The number of hydrogen-bond acceptors (Lipinski definition) is 5. The summed E-state index contributed by atoms with van der Waals surface area (Å²) in [5.41, 5.74) is 0.894. The molecule has 0 atom stereocenters. The van der Waals surface area contributed by atoms with Gasteiger partial charge in [0.15, 0.2) is 6.61 Å². The van der Waals surface area contributed by atoms with Gasteiger partial charge in [-0.25, -0.2) is 14.7 Å². The van der Waals surface area contributed by atoms with E-state index in [-0.39, 0.29) is 12.1 Å². The molecule has 0 fully saturated rings. The van der Waals surface area contributed by atoms with Gasteiger partial charge in [0.2, 0.25) is 0 Å². The first-order valence-electron chi connectivity index (χ1n) is 4.71. The topological polar surface area (TPSA) is 87.1 Å². The zero-order valence-corrected chi connectivity index (χ0v) is 9.44. The molecule has 2 N–H and O–H groups in total. The molecule has 0 spiro atoms. The highest BCUT2D eigenvalue weighted by molar-refractivity contribution is 7.14. The summed E-state index contributed by atoms with van der Waals surface area (Å²) in [6, 6.07) is 1.76. The molecule has 1 aliphatic rings. The second-order valence-corrected chi connectivity index (χ2v) is 4.25. The Labute approximate surface area is 100 Å². The number of anilines is 1. The summed E-state index contributed by atoms with van der Waals surface area (Å²) >= 11 is 1.37. The summed E-state index contributed by atoms with van der Waals surface area (Å²) in [5, 5.41) is 21.3. The maximum Gasteiger partial charge on any atom is 0.333 e. The average molecular weight is 255 g/mol. The maximum atomic E-state index is 10.9. The summed E-state index contributed by atoms with van der Waals surface area (Å²) in [5.74, 6) is -2.14. The Bertz CT molecular complexity index is 493. The molecule has 1 aromatic rings. The van der Waals surface area contributed by atoms with Crippen molar-refractivity contribution in [2.75, 3.05) is 18.2 Å². The molecule has 0 radical (unpaired) electrons. The first-order chi connectivity index (χ1) is 8.08. The number of fused-ring (bicyclic) bond motifs is 1. The fraction of sp³-hybridized carbons (Fsp3) is 0.200. The van der Waals surface area contributed by atoms with Crippen molar-refractivity contribution in [1.29, 1.82) is 0 Å². The highest BCUT2D eigenvalue weighted by atomic mass is 32.1. The highest BCUT2D eigenvalue weighted by Gasteiger charge is 2.24. The van der Waals surface area contributed by atoms with Crippen molar-refractivity contribution in [1.82, 2.24) is 0 Å². The van der Waals surface area contributed by atoms with Crippen molar-refractivity contribution >= 4 is 34.4 Å². The van der Waals surface area contributed by atoms with E-state index in [1.54, 1.807) is 17.5 Å². The SMILES string of the molecule is O=C(O)CON1CC(C(=O)O)=Cc2ccsc21. The number of carboxylic acids is 2. The molecule has 0 unspecified atom stereocenters. The lowest BCUT2D eigenvalue weighted by Crippen LogP contribution is -2.32. The van der Waals surface area contributed by atoms with Gasteiger partial charge in [0.1, 0.15) is 5.00 Å². The Balaban J connectivity index is 2.22. The zero-order chi connectivity index (χ0) is 12.4. The normalized spacial score (nSPS) is 14.1. The Morgan fingerprint density at radius 3 is 2.88 bits per heavy atom. The van der Waals surface area contributed by atoms with Gasteiger partial charge in [-0.1, -0.05) is 0 Å². The standard InChI is InChI=1S/C10H9NO5S/c12-8(13)5-16-11-4-7(10(14)15)3-6-1-2-17-9(6)11/h1-3H,4-5H2,(H,12,13)(H,14,15). The molecule has 0 bridgehead atoms. The minimum atomic E-state index is -1.10. The smallest absolute Gasteiger partial charge is 0.333 e. The van der Waals surface area contributed by atoms with Gasteiger partial charge in [-0.2, -0.15) is 0 Å². The van der Waals surface area contributed by atoms with E-state index in [1.807, 2.05) is 0 Å². The molecular formula is C10H9NO5S. The second kappa shape index (κ2) is 4.56. The predicted molar refractivity (Wildman–Crippen MR) is 60.9 cm³/mol. The van der Waals surface area contributed by atoms with Gasteiger partial charge in [0, 0.05) is 5.56 Å². The number of rotatable bonds is 4. The lowest BCUT2D eigenvalue weighted by molar-refractivity contribution is -0.142. The Hall–Kier alpha value is -1.86. The number of hydrogen-bond donors (Lipinski definition) is 2. The molecule has 1 aliphatic heterocycles. The lowest BCUT2D eigenvalue weighted by Gasteiger charge is -2.25. The molecule has 17 heavy (non-hydrogen) atoms. The fourth-order valence-corrected chi connectivity index (χ4v) is 2.29. The number of nitrogens with zero attached hydrogens (tertiary/aromatic N) is 1. The van der Waals surface area contributed by atoms with Crippen LogP contribution in [0.1, 0.15) is 5.56 Å². The van der Waals surface area contributed by atoms with Crippen molar-refractivity contribution in [2.45, 2.75) is 0 Å². The predicted octanol–water partition coefficient (Wildman–Crippen LogP) is 1.05. The van der Waals surface area contributed by atoms with Gasteiger partial charge in [0.05, 0.1) is 12.1 Å². The van der Waals surface area contributed by atoms with Gasteiger partial charge in [0.25, 0.3) is 0 Å². The van der Waals surface area contributed by atoms with Crippen molar-refractivity contribution in [3.63, 3.8) is 0 Å². The summed E-state index contributed by atoms with van der Waals surface area (Å²) in [6.45, 7) is -0.458. The van der Waals surface area contributed by atoms with Crippen LogP contribution in [0.3, 0.4) is 0 Å². The summed E-state index contributed by atoms with van der Waals surface area (Å²) in [7, 11) is 0. The van der Waals surface area contributed by atoms with Crippen LogP contribution in [-0.2, 0) is 14.4 Å². The number of aliphatic carboxylic acids is 2. The third kappa shape index (κ3) is 2.45. The van der Waals surface area contributed by atoms with E-state index in [4.69, 9.17) is 15.1 Å². The third-order valence-electron chi connectivity index (χ3n) is 2.16. The van der Waals surface area contributed by atoms with Crippen LogP contribution in [-0.4, -0.2) is 35.3 Å². The largest absolute Gasteiger partial charge is 0.479 e. The zero-order valence-electron chi connectivity index (χ0n) is 8.62. The molecule has 2 heterocycles. The van der Waals surface area contributed by atoms with Gasteiger partial charge in [-0.3, -0.25) is 4.84 Å². The number of carboxylic acid groups (broad SMARTS) is 2. The molecule has 6 nitrogen and oxygen atoms in total. The maximum absolute atomic E-state index is 10.9. The Kier molecular flexibility index (Phi) is 3.12. The van der Waals surface area contributed by atoms with Crippen LogP contribution in [0.2, 0.25) is 0 Å². The van der Waals surface area contributed by atoms with Crippen LogP contribution >= 0.6 is 11.3 Å². The van der Waals surface area contributed by atoms with E-state index < -0.39 is 18.5 Å². The van der Waals surface area contributed by atoms with E-state index in [2.05, 4.69) is 0 Å². The van der Waals surface area contributed by atoms with Crippen LogP contribution in [0.15, 0.2) is 17.0 Å². The van der Waals surface area contributed by atoms with Crippen molar-refractivity contribution in [2.24, 2.45) is 0 Å². The van der Waals surface area contributed by atoms with Crippen LogP contribution in [0.25, 0.3) is 6.08 Å². The average Bonchev–Trinajstić information content (AvgIpc) is 2.73. The lowest BCUT2D eigenvalue weighted by atomic mass is 10.1. The van der Waals surface area contributed by atoms with Crippen LogP contribution in [0.4, 0.5) is 5.00 Å². The molecule has 2 rings (SSSR count). The van der Waals surface area contributed by atoms with Crippen LogP contribution < -0.4 is 5.06 Å². The van der Waals surface area contributed by atoms with Crippen LogP contribution in [0.5, 0.6) is 0 Å². The molecule has 0 aromatic carbocycles. The van der Waals surface area contributed by atoms with E-state index in [0.29, 0.717) is 0 Å². The Morgan fingerprint density at radius 2 is 2.24 bits per heavy atom. The number of carbonyl (C=O) groups is 2. The van der Waals surface area contributed by atoms with Gasteiger partial charge < -0.3 is 10.2 Å². The molecule has 0 saturated heterocycles. The van der Waals surface area contributed by atoms with E-state index >= 15 is 0 Å². The van der Waals surface area contributed by atoms with Gasteiger partial charge in [-0.15, -0.1) is 11.3 Å². The molecule has 0 aliphatic carbocycles. The van der Waals surface area contributed by atoms with Crippen molar-refractivity contribution in [3.05, 3.63) is 22.6 Å². The summed E-state index contributed by atoms with van der Waals surface area (Å²) in [4.78, 5) is 26.4. The molecule has 1 aromatic heterocycles. The molecule has 0 amide bonds. The monoisotopic (exact) mass is 255 g/mol.